The van der Waals surface area contributed by atoms with E-state index in [9.17, 15) is 78.0 Å². The summed E-state index contributed by atoms with van der Waals surface area (Å²) in [6.45, 7) is -0.118. The quantitative estimate of drug-likeness (QED) is 0.0196. The number of carbonyl (C=O) groups excluding carboxylic acids is 12. The fraction of sp³-hybridized carbons (Fsp3) is 0.636. The summed E-state index contributed by atoms with van der Waals surface area (Å²) in [7, 11) is 0. The lowest BCUT2D eigenvalue weighted by Crippen LogP contribution is -2.78. The van der Waals surface area contributed by atoms with Crippen LogP contribution in [0.4, 0.5) is 0 Å². The maximum Gasteiger partial charge on any atom is 0.338 e. The number of hydrogen-bond acceptors (Lipinski definition) is 16. The smallest absolute Gasteiger partial charge is 0.338 e. The van der Waals surface area contributed by atoms with Crippen LogP contribution in [0.3, 0.4) is 0 Å². The van der Waals surface area contributed by atoms with Gasteiger partial charge in [-0.15, -0.1) is 0 Å². The van der Waals surface area contributed by atoms with E-state index in [1.54, 1.807) is 0 Å². The average Bonchev–Trinajstić information content (AvgIpc) is 3.36. The predicted molar refractivity (Wildman–Crippen MR) is 266 cm³/mol. The molecule has 1 saturated heterocycles. The lowest BCUT2D eigenvalue weighted by molar-refractivity contribution is -0.460. The number of nitrogens with one attached hydrogen (secondary N) is 12. The van der Waals surface area contributed by atoms with Crippen LogP contribution in [-0.4, -0.2) is 169 Å². The van der Waals surface area contributed by atoms with Gasteiger partial charge < -0.3 is 82.1 Å². The lowest BCUT2D eigenvalue weighted by Gasteiger charge is -2.29. The van der Waals surface area contributed by atoms with Crippen LogP contribution in [-0.2, 0) is 57.5 Å². The number of rotatable bonds is 28. The third-order valence-corrected chi connectivity index (χ3v) is 11.6. The molecular formula is C44H76N20O16. The largest absolute Gasteiger partial charge is 0.550 e. The summed E-state index contributed by atoms with van der Waals surface area (Å²) in [5.74, 6) is -17.3. The van der Waals surface area contributed by atoms with E-state index in [2.05, 4.69) is 62.5 Å². The molecule has 8 atom stereocenters. The zero-order chi connectivity index (χ0) is 60.5. The highest BCUT2D eigenvalue weighted by Crippen LogP contribution is 2.11. The van der Waals surface area contributed by atoms with Crippen molar-refractivity contribution in [1.82, 2.24) is 42.5 Å². The Hall–Kier alpha value is -9.28. The second-order valence-corrected chi connectivity index (χ2v) is 18.2. The predicted octanol–water partition coefficient (Wildman–Crippen LogP) is -21.5. The van der Waals surface area contributed by atoms with Gasteiger partial charge >= 0.3 is 23.8 Å². The minimum absolute atomic E-state index is 0.0292. The van der Waals surface area contributed by atoms with Gasteiger partial charge in [0.15, 0.2) is 0 Å². The van der Waals surface area contributed by atoms with Crippen molar-refractivity contribution in [2.24, 2.45) is 45.9 Å². The third-order valence-electron chi connectivity index (χ3n) is 11.6. The molecule has 0 aromatic heterocycles. The van der Waals surface area contributed by atoms with E-state index in [0.717, 1.165) is 0 Å². The van der Waals surface area contributed by atoms with Crippen LogP contribution < -0.4 is 129 Å². The van der Waals surface area contributed by atoms with E-state index < -0.39 is 171 Å². The Morgan fingerprint density at radius 3 is 0.550 bits per heavy atom. The van der Waals surface area contributed by atoms with E-state index in [-0.39, 0.29) is 101 Å². The van der Waals surface area contributed by atoms with Crippen LogP contribution in [0.15, 0.2) is 0 Å². The molecule has 0 aromatic rings. The van der Waals surface area contributed by atoms with Gasteiger partial charge in [0.2, 0.25) is 47.3 Å². The van der Waals surface area contributed by atoms with Crippen molar-refractivity contribution in [1.29, 1.82) is 0 Å². The summed E-state index contributed by atoms with van der Waals surface area (Å²) < 4.78 is 0. The Bertz CT molecular complexity index is 1990. The summed E-state index contributed by atoms with van der Waals surface area (Å²) in [6, 6.07) is -14.2. The molecule has 0 aromatic carbocycles. The Morgan fingerprint density at radius 1 is 0.287 bits per heavy atom. The number of amides is 8. The second kappa shape index (κ2) is 36.7. The average molecular weight is 1140 g/mol. The molecule has 1 fully saturated rings. The molecule has 80 heavy (non-hydrogen) atoms. The zero-order valence-corrected chi connectivity index (χ0v) is 43.9. The van der Waals surface area contributed by atoms with E-state index in [1.165, 1.54) is 0 Å². The van der Waals surface area contributed by atoms with Gasteiger partial charge in [0.25, 0.3) is 0 Å². The fourth-order valence-corrected chi connectivity index (χ4v) is 7.53. The molecule has 0 spiro atoms. The van der Waals surface area contributed by atoms with Gasteiger partial charge in [0.05, 0.1) is 26.2 Å². The van der Waals surface area contributed by atoms with Crippen molar-refractivity contribution >= 4 is 95.0 Å². The lowest BCUT2D eigenvalue weighted by atomic mass is 10.0. The van der Waals surface area contributed by atoms with Gasteiger partial charge in [0.1, 0.15) is 48.3 Å². The monoisotopic (exact) mass is 1140 g/mol. The molecule has 36 nitrogen and oxygen atoms in total. The molecule has 0 saturated carbocycles. The zero-order valence-electron chi connectivity index (χ0n) is 43.9. The number of nitrogens with two attached hydrogens (primary N) is 8. The van der Waals surface area contributed by atoms with E-state index in [4.69, 9.17) is 45.9 Å². The molecule has 1 aliphatic heterocycles. The van der Waals surface area contributed by atoms with E-state index >= 15 is 0 Å². The molecule has 0 bridgehead atoms. The minimum atomic E-state index is -1.86. The summed E-state index contributed by atoms with van der Waals surface area (Å²) in [4.78, 5) is 171. The van der Waals surface area contributed by atoms with Gasteiger partial charge in [-0.2, -0.15) is 0 Å². The fourth-order valence-electron chi connectivity index (χ4n) is 7.53. The highest BCUT2D eigenvalue weighted by molar-refractivity contribution is 5.99. The van der Waals surface area contributed by atoms with Crippen molar-refractivity contribution in [2.75, 3.05) is 26.2 Å². The maximum absolute atomic E-state index is 14.2. The molecule has 1 aliphatic rings. The van der Waals surface area contributed by atoms with Crippen LogP contribution in [0.5, 0.6) is 0 Å². The van der Waals surface area contributed by atoms with E-state index in [1.807, 2.05) is 0 Å². The number of carboxylic acid groups (broad SMARTS) is 4. The summed E-state index contributed by atoms with van der Waals surface area (Å²) in [5.41, 5.74) is 44.0. The van der Waals surface area contributed by atoms with Gasteiger partial charge in [-0.05, 0) is 103 Å². The number of guanidine groups is 4. The minimum Gasteiger partial charge on any atom is -0.550 e. The summed E-state index contributed by atoms with van der Waals surface area (Å²) >= 11 is 0. The molecule has 0 radical (unpaired) electrons. The Balaban J connectivity index is 4.32. The van der Waals surface area contributed by atoms with Gasteiger partial charge in [-0.25, -0.2) is 0 Å². The van der Waals surface area contributed by atoms with Gasteiger partial charge in [-0.3, -0.25) is 104 Å². The first-order chi connectivity index (χ1) is 37.6. The standard InChI is InChI=1S/C44H76N20O16/c45-41(46)53-17-1-5-21-33(73)61-26(10-14-30(67)68)38(78)58-23(7-3-19-55-43(49)50)35(75)63-28(12-16-32(71)72)40(80)60-24(8-4-20-56-44(51)52)36(76)64-27(11-15-31(69)70)39(79)59-22(6-2-18-54-42(47)48)34(74)62-25(37(77)57-21)9-13-29(65)66/h21-28H,1-20H2,(H,57,77)(H,58,78)(H,59,79)(H,60,80)(H,61,73)(H,62,74)(H,63,75)(H,64,76)(H,65,66)(H,67,68)(H,69,70)(H,71,72)(H4,45,46,53)(H4,47,48,54)(H4,49,50,55)(H4,51,52,56)/t21-,22-,23-,24-,25-,26-,27-,28-/m0/s1. The third kappa shape index (κ3) is 29.9. The molecular weight excluding hydrogens is 1060 g/mol. The van der Waals surface area contributed by atoms with Crippen LogP contribution in [0.1, 0.15) is 103 Å². The number of carboxylic acids is 4. The summed E-state index contributed by atoms with van der Waals surface area (Å²) in [5, 5.41) is 65.8. The van der Waals surface area contributed by atoms with Crippen molar-refractivity contribution in [3.8, 4) is 0 Å². The van der Waals surface area contributed by atoms with Crippen molar-refractivity contribution in [3.63, 3.8) is 0 Å². The van der Waals surface area contributed by atoms with Gasteiger partial charge in [0, 0.05) is 23.9 Å². The first-order valence-corrected chi connectivity index (χ1v) is 25.3. The van der Waals surface area contributed by atoms with Crippen LogP contribution in [0.2, 0.25) is 0 Å². The molecule has 0 aliphatic carbocycles. The van der Waals surface area contributed by atoms with Crippen molar-refractivity contribution < 1.29 is 97.9 Å². The van der Waals surface area contributed by atoms with E-state index in [0.29, 0.717) is 0 Å². The highest BCUT2D eigenvalue weighted by Gasteiger charge is 2.36. The molecule has 1 heterocycles. The first-order valence-electron chi connectivity index (χ1n) is 25.3. The van der Waals surface area contributed by atoms with Crippen LogP contribution >= 0.6 is 0 Å². The molecule has 0 unspecified atom stereocenters. The number of aliphatic carboxylic acids is 4. The normalized spacial score (nSPS) is 21.8. The van der Waals surface area contributed by atoms with Crippen LogP contribution in [0.25, 0.3) is 0 Å². The number of hydrogen-bond donors (Lipinski definition) is 20. The molecule has 448 valence electrons. The maximum atomic E-state index is 14.2. The SMILES string of the molecule is NC(N)=[NH+]CCC[C@@H]1NC(=O)[C@H](CCC(=O)[O-])NC(=O)[C@H](CCC[NH+]=C(N)N)NC(=O)[C@H](CCC(=O)[O-])NC(=O)[C@H](CCC[NH+]=C(N)N)NC(=O)[C@H](CCC(=O)[O-])NC(=O)[C@H](CCC[NH+]=C(N)N)NC(=O)[C@H](CCC(=O)[O-])NC1=O. The molecule has 1 rings (SSSR count). The Kier molecular flexibility index (Phi) is 31.5. The topological polar surface area (TPSA) is 657 Å². The van der Waals surface area contributed by atoms with Crippen molar-refractivity contribution in [3.05, 3.63) is 0 Å². The van der Waals surface area contributed by atoms with Crippen molar-refractivity contribution in [2.45, 2.75) is 151 Å². The second-order valence-electron chi connectivity index (χ2n) is 18.2. The first kappa shape index (κ1) is 68.7. The van der Waals surface area contributed by atoms with Crippen LogP contribution in [0, 0.1) is 0 Å². The molecule has 28 N–H and O–H groups in total. The number of carbonyl (C=O) groups is 12. The molecule has 36 heteroatoms. The Labute approximate surface area is 457 Å². The summed E-state index contributed by atoms with van der Waals surface area (Å²) in [6.07, 6.45) is -7.80. The van der Waals surface area contributed by atoms with Gasteiger partial charge in [-0.1, -0.05) is 0 Å². The Morgan fingerprint density at radius 2 is 0.425 bits per heavy atom. The molecule has 8 amide bonds. The highest BCUT2D eigenvalue weighted by atomic mass is 16.4.